The Hall–Kier alpha value is -2.01. The molecule has 0 saturated carbocycles. The van der Waals surface area contributed by atoms with Crippen LogP contribution in [-0.4, -0.2) is 20.0 Å². The van der Waals surface area contributed by atoms with Crippen LogP contribution in [0.25, 0.3) is 22.2 Å². The van der Waals surface area contributed by atoms with Crippen molar-refractivity contribution in [1.82, 2.24) is 20.0 Å². The van der Waals surface area contributed by atoms with Gasteiger partial charge in [0.05, 0.1) is 17.4 Å². The number of nitrogens with one attached hydrogen (secondary N) is 1. The molecule has 0 aliphatic heterocycles. The molecule has 0 radical (unpaired) electrons. The lowest BCUT2D eigenvalue weighted by molar-refractivity contribution is 0.797. The SMILES string of the molecule is Cl.Cn1ncc2cc(-c3cc(N)n[nH]3)ccc21. The number of fused-ring (bicyclic) bond motifs is 1. The highest BCUT2D eigenvalue weighted by molar-refractivity contribution is 5.85. The van der Waals surface area contributed by atoms with Crippen LogP contribution in [0.5, 0.6) is 0 Å². The van der Waals surface area contributed by atoms with E-state index in [2.05, 4.69) is 21.4 Å². The number of aromatic nitrogens is 4. The second-order valence-electron chi connectivity index (χ2n) is 3.75. The zero-order valence-electron chi connectivity index (χ0n) is 9.21. The molecule has 3 N–H and O–H groups in total. The summed E-state index contributed by atoms with van der Waals surface area (Å²) in [6.45, 7) is 0. The van der Waals surface area contributed by atoms with Crippen molar-refractivity contribution in [3.05, 3.63) is 30.5 Å². The maximum atomic E-state index is 5.57. The first kappa shape index (κ1) is 11.5. The molecule has 6 heteroatoms. The second kappa shape index (κ2) is 4.10. The summed E-state index contributed by atoms with van der Waals surface area (Å²) in [5.74, 6) is 0.501. The third-order valence-electron chi connectivity index (χ3n) is 2.65. The molecule has 2 aromatic heterocycles. The van der Waals surface area contributed by atoms with Crippen molar-refractivity contribution in [2.24, 2.45) is 7.05 Å². The van der Waals surface area contributed by atoms with Gasteiger partial charge >= 0.3 is 0 Å². The number of hydrogen-bond donors (Lipinski definition) is 2. The van der Waals surface area contributed by atoms with Crippen LogP contribution < -0.4 is 5.73 Å². The van der Waals surface area contributed by atoms with E-state index in [1.54, 1.807) is 0 Å². The molecule has 88 valence electrons. The van der Waals surface area contributed by atoms with Crippen molar-refractivity contribution in [1.29, 1.82) is 0 Å². The molecule has 0 aliphatic rings. The number of benzene rings is 1. The maximum Gasteiger partial charge on any atom is 0.145 e. The number of nitrogen functional groups attached to an aromatic ring is 1. The average Bonchev–Trinajstić information content (AvgIpc) is 2.86. The summed E-state index contributed by atoms with van der Waals surface area (Å²) in [5.41, 5.74) is 8.66. The number of rotatable bonds is 1. The number of H-pyrrole nitrogens is 1. The highest BCUT2D eigenvalue weighted by atomic mass is 35.5. The summed E-state index contributed by atoms with van der Waals surface area (Å²) in [6.07, 6.45) is 1.85. The Bertz CT molecular complexity index is 655. The quantitative estimate of drug-likeness (QED) is 0.693. The Morgan fingerprint density at radius 2 is 2.12 bits per heavy atom. The number of hydrogen-bond acceptors (Lipinski definition) is 3. The summed E-state index contributed by atoms with van der Waals surface area (Å²) >= 11 is 0. The van der Waals surface area contributed by atoms with Gasteiger partial charge in [-0.15, -0.1) is 12.4 Å². The van der Waals surface area contributed by atoms with Gasteiger partial charge < -0.3 is 5.73 Å². The predicted octanol–water partition coefficient (Wildman–Crippen LogP) is 1.97. The molecule has 2 heterocycles. The Morgan fingerprint density at radius 1 is 1.29 bits per heavy atom. The van der Waals surface area contributed by atoms with Gasteiger partial charge in [-0.2, -0.15) is 10.2 Å². The van der Waals surface area contributed by atoms with Crippen LogP contribution in [0.1, 0.15) is 0 Å². The standard InChI is InChI=1S/C11H11N5.ClH/c1-16-10-3-2-7(4-8(10)6-13-16)9-5-11(12)15-14-9;/h2-6H,1H3,(H3,12,14,15);1H. The van der Waals surface area contributed by atoms with E-state index in [9.17, 15) is 0 Å². The van der Waals surface area contributed by atoms with E-state index in [4.69, 9.17) is 5.73 Å². The highest BCUT2D eigenvalue weighted by Crippen LogP contribution is 2.23. The lowest BCUT2D eigenvalue weighted by Crippen LogP contribution is -1.88. The van der Waals surface area contributed by atoms with Crippen molar-refractivity contribution in [2.45, 2.75) is 0 Å². The van der Waals surface area contributed by atoms with Crippen molar-refractivity contribution in [2.75, 3.05) is 5.73 Å². The molecule has 0 spiro atoms. The van der Waals surface area contributed by atoms with Gasteiger partial charge in [-0.25, -0.2) is 0 Å². The van der Waals surface area contributed by atoms with Gasteiger partial charge in [-0.1, -0.05) is 6.07 Å². The average molecular weight is 250 g/mol. The van der Waals surface area contributed by atoms with Crippen LogP contribution in [0, 0.1) is 0 Å². The number of aromatic amines is 1. The molecular formula is C11H12ClN5. The van der Waals surface area contributed by atoms with Crippen molar-refractivity contribution >= 4 is 29.1 Å². The summed E-state index contributed by atoms with van der Waals surface area (Å²) < 4.78 is 1.85. The van der Waals surface area contributed by atoms with Crippen LogP contribution in [0.4, 0.5) is 5.82 Å². The van der Waals surface area contributed by atoms with Crippen LogP contribution in [0.3, 0.4) is 0 Å². The van der Waals surface area contributed by atoms with Crippen LogP contribution in [-0.2, 0) is 7.05 Å². The fourth-order valence-electron chi connectivity index (χ4n) is 1.82. The van der Waals surface area contributed by atoms with E-state index < -0.39 is 0 Å². The fraction of sp³-hybridized carbons (Fsp3) is 0.0909. The topological polar surface area (TPSA) is 72.5 Å². The summed E-state index contributed by atoms with van der Waals surface area (Å²) in [6, 6.07) is 7.94. The molecule has 0 fully saturated rings. The van der Waals surface area contributed by atoms with Crippen LogP contribution in [0.2, 0.25) is 0 Å². The monoisotopic (exact) mass is 249 g/mol. The first-order valence-corrected chi connectivity index (χ1v) is 4.97. The largest absolute Gasteiger partial charge is 0.382 e. The molecule has 0 amide bonds. The predicted molar refractivity (Wildman–Crippen MR) is 70.0 cm³/mol. The van der Waals surface area contributed by atoms with Crippen LogP contribution in [0.15, 0.2) is 30.5 Å². The lowest BCUT2D eigenvalue weighted by Gasteiger charge is -1.98. The zero-order valence-corrected chi connectivity index (χ0v) is 10.0. The van der Waals surface area contributed by atoms with Gasteiger partial charge in [0.15, 0.2) is 0 Å². The van der Waals surface area contributed by atoms with E-state index in [0.29, 0.717) is 5.82 Å². The molecule has 0 saturated heterocycles. The second-order valence-corrected chi connectivity index (χ2v) is 3.75. The minimum atomic E-state index is 0. The van der Waals surface area contributed by atoms with Gasteiger partial charge in [0.2, 0.25) is 0 Å². The van der Waals surface area contributed by atoms with Gasteiger partial charge in [-0.3, -0.25) is 9.78 Å². The van der Waals surface area contributed by atoms with Crippen LogP contribution >= 0.6 is 12.4 Å². The summed E-state index contributed by atoms with van der Waals surface area (Å²) in [4.78, 5) is 0. The number of nitrogens with two attached hydrogens (primary N) is 1. The summed E-state index contributed by atoms with van der Waals surface area (Å²) in [7, 11) is 1.93. The Kier molecular flexibility index (Phi) is 2.77. The third-order valence-corrected chi connectivity index (χ3v) is 2.65. The van der Waals surface area contributed by atoms with Gasteiger partial charge in [0.1, 0.15) is 5.82 Å². The molecule has 3 aromatic rings. The molecule has 0 bridgehead atoms. The third kappa shape index (κ3) is 1.85. The molecule has 5 nitrogen and oxygen atoms in total. The fourth-order valence-corrected chi connectivity index (χ4v) is 1.82. The molecule has 0 aliphatic carbocycles. The molecule has 17 heavy (non-hydrogen) atoms. The summed E-state index contributed by atoms with van der Waals surface area (Å²) in [5, 5.41) is 12.1. The molecule has 1 aromatic carbocycles. The molecule has 3 rings (SSSR count). The number of nitrogens with zero attached hydrogens (tertiary/aromatic N) is 3. The van der Waals surface area contributed by atoms with E-state index in [1.807, 2.05) is 36.1 Å². The first-order valence-electron chi connectivity index (χ1n) is 4.97. The lowest BCUT2D eigenvalue weighted by atomic mass is 10.1. The Labute approximate surface area is 104 Å². The number of anilines is 1. The van der Waals surface area contributed by atoms with Gasteiger partial charge in [-0.05, 0) is 12.1 Å². The van der Waals surface area contributed by atoms with E-state index in [1.165, 1.54) is 0 Å². The molecular weight excluding hydrogens is 238 g/mol. The number of aryl methyl sites for hydroxylation is 1. The van der Waals surface area contributed by atoms with E-state index in [-0.39, 0.29) is 12.4 Å². The van der Waals surface area contributed by atoms with E-state index in [0.717, 1.165) is 22.2 Å². The Morgan fingerprint density at radius 3 is 2.82 bits per heavy atom. The minimum Gasteiger partial charge on any atom is -0.382 e. The van der Waals surface area contributed by atoms with Crippen molar-refractivity contribution in [3.8, 4) is 11.3 Å². The normalized spacial score (nSPS) is 10.4. The highest BCUT2D eigenvalue weighted by Gasteiger charge is 2.04. The van der Waals surface area contributed by atoms with Gasteiger partial charge in [0.25, 0.3) is 0 Å². The maximum absolute atomic E-state index is 5.57. The molecule has 0 atom stereocenters. The number of halogens is 1. The molecule has 0 unspecified atom stereocenters. The first-order chi connectivity index (χ1) is 7.74. The van der Waals surface area contributed by atoms with Crippen molar-refractivity contribution < 1.29 is 0 Å². The Balaban J connectivity index is 0.00000108. The minimum absolute atomic E-state index is 0. The van der Waals surface area contributed by atoms with Crippen molar-refractivity contribution in [3.63, 3.8) is 0 Å². The van der Waals surface area contributed by atoms with E-state index >= 15 is 0 Å². The zero-order chi connectivity index (χ0) is 11.1. The smallest absolute Gasteiger partial charge is 0.145 e. The van der Waals surface area contributed by atoms with Gasteiger partial charge in [0, 0.05) is 24.1 Å².